The highest BCUT2D eigenvalue weighted by atomic mass is 35.5. The van der Waals surface area contributed by atoms with Crippen LogP contribution < -0.4 is 21.1 Å². The topological polar surface area (TPSA) is 196 Å². The fourth-order valence-electron chi connectivity index (χ4n) is 3.38. The lowest BCUT2D eigenvalue weighted by atomic mass is 10.1. The Hall–Kier alpha value is -4.96. The Morgan fingerprint density at radius 3 is 1.74 bits per heavy atom. The molecule has 0 aliphatic carbocycles. The lowest BCUT2D eigenvalue weighted by molar-refractivity contribution is -0.344. The smallest absolute Gasteiger partial charge is 0.430 e. The number of benzene rings is 2. The number of alkyl halides is 9. The van der Waals surface area contributed by atoms with Crippen molar-refractivity contribution in [3.63, 3.8) is 0 Å². The van der Waals surface area contributed by atoms with Crippen LogP contribution in [0.5, 0.6) is 0 Å². The fraction of sp³-hybridized carbons (Fsp3) is 0.296. The Labute approximate surface area is 278 Å². The van der Waals surface area contributed by atoms with E-state index in [2.05, 4.69) is 19.7 Å². The summed E-state index contributed by atoms with van der Waals surface area (Å²) in [6.07, 6.45) is -12.3. The predicted molar refractivity (Wildman–Crippen MR) is 146 cm³/mol. The third-order valence-electron chi connectivity index (χ3n) is 5.65. The fourth-order valence-corrected chi connectivity index (χ4v) is 3.50. The van der Waals surface area contributed by atoms with Crippen LogP contribution in [0.1, 0.15) is 17.4 Å². The normalized spacial score (nSPS) is 12.1. The van der Waals surface area contributed by atoms with E-state index in [9.17, 15) is 43.9 Å². The number of rotatable bonds is 6. The van der Waals surface area contributed by atoms with Crippen molar-refractivity contribution in [3.8, 4) is 11.1 Å². The van der Waals surface area contributed by atoms with E-state index in [1.54, 1.807) is 24.5 Å². The molecule has 12 nitrogen and oxygen atoms in total. The SMILES string of the molecule is CN(C)CCn1c(C(N)c2ccc(Cl)cc2)nc2cc(F)c(-c3cn[nH]c3)cc21.O=C([O-])C(F)(F)F.O=C([O-])C(F)(F)F.O=C([O-])C(F)(F)F. The van der Waals surface area contributed by atoms with Gasteiger partial charge in [0.25, 0.3) is 0 Å². The molecule has 3 N–H and O–H groups in total. The van der Waals surface area contributed by atoms with E-state index in [1.807, 2.05) is 32.3 Å². The lowest BCUT2D eigenvalue weighted by Gasteiger charge is -2.17. The van der Waals surface area contributed by atoms with Gasteiger partial charge >= 0.3 is 18.5 Å². The molecule has 1 atom stereocenters. The zero-order valence-corrected chi connectivity index (χ0v) is 25.8. The zero-order chi connectivity index (χ0) is 38.8. The molecule has 4 aromatic rings. The predicted octanol–water partition coefficient (Wildman–Crippen LogP) is 1.72. The third-order valence-corrected chi connectivity index (χ3v) is 5.90. The summed E-state index contributed by atoms with van der Waals surface area (Å²) in [5, 5.41) is 33.7. The molecule has 0 saturated heterocycles. The van der Waals surface area contributed by atoms with Gasteiger partial charge in [0, 0.05) is 41.5 Å². The summed E-state index contributed by atoms with van der Waals surface area (Å²) >= 11 is 6.01. The molecule has 276 valence electrons. The molecule has 50 heavy (non-hydrogen) atoms. The molecule has 0 radical (unpaired) electrons. The monoisotopic (exact) mass is 751 g/mol. The second-order valence-corrected chi connectivity index (χ2v) is 10.1. The molecule has 0 aliphatic rings. The summed E-state index contributed by atoms with van der Waals surface area (Å²) in [5.74, 6) is -8.68. The lowest BCUT2D eigenvalue weighted by Crippen LogP contribution is -2.37. The minimum absolute atomic E-state index is 0.345. The minimum Gasteiger partial charge on any atom is -0.542 e. The molecule has 0 fully saturated rings. The van der Waals surface area contributed by atoms with E-state index in [0.29, 0.717) is 34.0 Å². The van der Waals surface area contributed by atoms with Crippen LogP contribution >= 0.6 is 11.6 Å². The number of aromatic amines is 1. The summed E-state index contributed by atoms with van der Waals surface area (Å²) < 4.78 is 111. The number of hydrogen-bond donors (Lipinski definition) is 2. The highest BCUT2D eigenvalue weighted by molar-refractivity contribution is 6.30. The average Bonchev–Trinajstić information content (AvgIpc) is 3.63. The van der Waals surface area contributed by atoms with Crippen LogP contribution in [-0.4, -0.2) is 81.7 Å². The molecule has 0 amide bonds. The molecule has 2 aromatic carbocycles. The number of nitrogens with one attached hydrogen (secondary N) is 1. The van der Waals surface area contributed by atoms with Crippen molar-refractivity contribution in [2.45, 2.75) is 31.1 Å². The summed E-state index contributed by atoms with van der Waals surface area (Å²) in [5.41, 5.74) is 10.0. The largest absolute Gasteiger partial charge is 0.542 e. The first-order chi connectivity index (χ1) is 22.8. The number of likely N-dealkylation sites (N-methyl/N-ethyl adjacent to an activating group) is 1. The van der Waals surface area contributed by atoms with Crippen LogP contribution in [0.25, 0.3) is 22.2 Å². The van der Waals surface area contributed by atoms with Gasteiger partial charge in [0.15, 0.2) is 0 Å². The number of nitrogens with zero attached hydrogens (tertiary/aromatic N) is 4. The van der Waals surface area contributed by atoms with Crippen LogP contribution in [0.3, 0.4) is 0 Å². The Morgan fingerprint density at radius 1 is 0.900 bits per heavy atom. The first kappa shape index (κ1) is 43.1. The highest BCUT2D eigenvalue weighted by Crippen LogP contribution is 2.30. The van der Waals surface area contributed by atoms with Gasteiger partial charge < -0.3 is 44.9 Å². The number of hydrogen-bond acceptors (Lipinski definition) is 10. The number of aliphatic carboxylic acids is 3. The van der Waals surface area contributed by atoms with Crippen LogP contribution in [0, 0.1) is 5.82 Å². The number of carbonyl (C=O) groups is 3. The first-order valence-electron chi connectivity index (χ1n) is 13.0. The number of imidazole rings is 1. The number of H-pyrrole nitrogens is 1. The molecule has 1 unspecified atom stereocenters. The quantitative estimate of drug-likeness (QED) is 0.274. The molecular weight excluding hydrogens is 730 g/mol. The molecular formula is C27H22ClF10N6O6-3. The number of halogens is 11. The van der Waals surface area contributed by atoms with E-state index in [-0.39, 0.29) is 5.82 Å². The maximum Gasteiger partial charge on any atom is 0.430 e. The molecule has 0 aliphatic heterocycles. The Bertz CT molecular complexity index is 1670. The summed E-state index contributed by atoms with van der Waals surface area (Å²) in [7, 11) is 4.02. The molecule has 0 bridgehead atoms. The van der Waals surface area contributed by atoms with Crippen molar-refractivity contribution in [1.29, 1.82) is 0 Å². The van der Waals surface area contributed by atoms with E-state index in [0.717, 1.165) is 17.6 Å². The summed E-state index contributed by atoms with van der Waals surface area (Å²) in [6.45, 7) is 1.47. The molecule has 2 aromatic heterocycles. The zero-order valence-electron chi connectivity index (χ0n) is 25.1. The number of carboxylic acid groups (broad SMARTS) is 3. The Kier molecular flexibility index (Phi) is 15.2. The second-order valence-electron chi connectivity index (χ2n) is 9.62. The minimum atomic E-state index is -5.19. The molecule has 4 rings (SSSR count). The number of carboxylic acids is 3. The van der Waals surface area contributed by atoms with Crippen LogP contribution in [0.2, 0.25) is 5.02 Å². The maximum atomic E-state index is 14.8. The van der Waals surface area contributed by atoms with Crippen molar-refractivity contribution in [2.75, 3.05) is 20.6 Å². The molecule has 0 saturated carbocycles. The standard InChI is InChI=1S/C21H22ClFN6.3C2HF3O2/c1-28(2)7-8-29-19-9-16(14-11-25-26-12-14)17(23)10-18(19)27-21(29)20(24)13-3-5-15(22)6-4-13;3*3-2(4,5)1(6)7/h3-6,9-12,20H,7-8,24H2,1-2H3,(H,25,26);3*(H,6,7)/p-3. The van der Waals surface area contributed by atoms with Gasteiger partial charge in [0.2, 0.25) is 0 Å². The van der Waals surface area contributed by atoms with Crippen LogP contribution in [0.15, 0.2) is 48.8 Å². The van der Waals surface area contributed by atoms with Crippen molar-refractivity contribution < 1.29 is 73.6 Å². The van der Waals surface area contributed by atoms with Gasteiger partial charge in [-0.25, -0.2) is 9.37 Å². The number of carbonyl (C=O) groups excluding carboxylic acids is 3. The highest BCUT2D eigenvalue weighted by Gasteiger charge is 2.30. The van der Waals surface area contributed by atoms with Gasteiger partial charge in [-0.05, 0) is 37.9 Å². The Morgan fingerprint density at radius 2 is 1.36 bits per heavy atom. The van der Waals surface area contributed by atoms with E-state index >= 15 is 0 Å². The third kappa shape index (κ3) is 13.5. The summed E-state index contributed by atoms with van der Waals surface area (Å²) in [4.78, 5) is 33.1. The number of nitrogens with two attached hydrogens (primary N) is 1. The second kappa shape index (κ2) is 17.6. The number of fused-ring (bicyclic) bond motifs is 1. The van der Waals surface area contributed by atoms with Crippen molar-refractivity contribution in [2.24, 2.45) is 5.73 Å². The molecule has 2 heterocycles. The van der Waals surface area contributed by atoms with E-state index in [1.165, 1.54) is 6.07 Å². The van der Waals surface area contributed by atoms with Crippen molar-refractivity contribution >= 4 is 40.5 Å². The van der Waals surface area contributed by atoms with Gasteiger partial charge in [0.1, 0.15) is 29.5 Å². The maximum absolute atomic E-state index is 14.8. The van der Waals surface area contributed by atoms with Gasteiger partial charge in [-0.3, -0.25) is 5.10 Å². The van der Waals surface area contributed by atoms with Crippen molar-refractivity contribution in [1.82, 2.24) is 24.6 Å². The van der Waals surface area contributed by atoms with Gasteiger partial charge in [-0.1, -0.05) is 23.7 Å². The first-order valence-corrected chi connectivity index (χ1v) is 13.3. The molecule has 0 spiro atoms. The van der Waals surface area contributed by atoms with E-state index in [4.69, 9.17) is 52.0 Å². The van der Waals surface area contributed by atoms with Gasteiger partial charge in [0.05, 0.1) is 23.3 Å². The van der Waals surface area contributed by atoms with Gasteiger partial charge in [-0.15, -0.1) is 0 Å². The van der Waals surface area contributed by atoms with E-state index < -0.39 is 42.5 Å². The molecule has 23 heteroatoms. The van der Waals surface area contributed by atoms with Crippen molar-refractivity contribution in [3.05, 3.63) is 71.0 Å². The van der Waals surface area contributed by atoms with Crippen LogP contribution in [0.4, 0.5) is 43.9 Å². The summed E-state index contributed by atoms with van der Waals surface area (Å²) in [6, 6.07) is 10.2. The number of aromatic nitrogens is 4. The van der Waals surface area contributed by atoms with Gasteiger partial charge in [-0.2, -0.15) is 44.6 Å². The Balaban J connectivity index is 0.000000486. The average molecular weight is 752 g/mol. The van der Waals surface area contributed by atoms with Crippen LogP contribution in [-0.2, 0) is 20.9 Å².